The van der Waals surface area contributed by atoms with Crippen LogP contribution in [0, 0.1) is 6.92 Å². The molecule has 0 saturated heterocycles. The molecule has 124 valence electrons. The Morgan fingerprint density at radius 2 is 1.75 bits per heavy atom. The minimum absolute atomic E-state index is 0.0330. The van der Waals surface area contributed by atoms with Gasteiger partial charge in [0.25, 0.3) is 0 Å². The number of allylic oxidation sites excluding steroid dienone is 5. The van der Waals surface area contributed by atoms with Crippen LogP contribution < -0.4 is 0 Å². The monoisotopic (exact) mass is 366 g/mol. The van der Waals surface area contributed by atoms with Crippen molar-refractivity contribution in [3.8, 4) is 11.1 Å². The Hall–Kier alpha value is -2.04. The molecule has 2 rings (SSSR count). The minimum atomic E-state index is -0.783. The number of aromatic nitrogens is 2. The van der Waals surface area contributed by atoms with Crippen molar-refractivity contribution in [3.63, 3.8) is 0 Å². The zero-order valence-corrected chi connectivity index (χ0v) is 14.6. The van der Waals surface area contributed by atoms with Crippen LogP contribution in [0.3, 0.4) is 0 Å². The Balaban J connectivity index is 2.75. The van der Waals surface area contributed by atoms with Crippen molar-refractivity contribution in [2.75, 3.05) is 0 Å². The van der Waals surface area contributed by atoms with E-state index in [0.717, 1.165) is 17.7 Å². The van der Waals surface area contributed by atoms with E-state index in [2.05, 4.69) is 16.8 Å². The lowest BCUT2D eigenvalue weighted by Crippen LogP contribution is -2.00. The third kappa shape index (κ3) is 3.89. The molecule has 0 bridgehead atoms. The lowest BCUT2D eigenvalue weighted by atomic mass is 9.95. The minimum Gasteiger partial charge on any atom is -0.207 e. The van der Waals surface area contributed by atoms with Gasteiger partial charge < -0.3 is 0 Å². The van der Waals surface area contributed by atoms with Crippen LogP contribution in [0.4, 0.5) is 8.78 Å². The Morgan fingerprint density at radius 3 is 2.33 bits per heavy atom. The summed E-state index contributed by atoms with van der Waals surface area (Å²) in [6.07, 6.45) is 1.67. The fourth-order valence-electron chi connectivity index (χ4n) is 2.22. The maximum Gasteiger partial charge on any atom is 0.159 e. The highest BCUT2D eigenvalue weighted by Crippen LogP contribution is 2.37. The smallest absolute Gasteiger partial charge is 0.159 e. The molecule has 0 radical (unpaired) electrons. The number of halogens is 4. The van der Waals surface area contributed by atoms with Crippen molar-refractivity contribution in [2.24, 2.45) is 0 Å². The van der Waals surface area contributed by atoms with E-state index >= 15 is 0 Å². The zero-order valence-electron chi connectivity index (χ0n) is 13.1. The number of aryl methyl sites for hydroxylation is 1. The van der Waals surface area contributed by atoms with E-state index in [9.17, 15) is 8.78 Å². The van der Waals surface area contributed by atoms with Gasteiger partial charge in [0.1, 0.15) is 11.7 Å². The van der Waals surface area contributed by atoms with Crippen LogP contribution in [0.5, 0.6) is 0 Å². The van der Waals surface area contributed by atoms with E-state index in [4.69, 9.17) is 23.2 Å². The maximum absolute atomic E-state index is 14.4. The first kappa shape index (κ1) is 18.3. The van der Waals surface area contributed by atoms with Gasteiger partial charge in [0.2, 0.25) is 0 Å². The second-order valence-electron chi connectivity index (χ2n) is 5.04. The first-order valence-corrected chi connectivity index (χ1v) is 7.75. The van der Waals surface area contributed by atoms with Gasteiger partial charge in [0, 0.05) is 22.2 Å². The molecule has 0 atom stereocenters. The fourth-order valence-corrected chi connectivity index (χ4v) is 2.62. The van der Waals surface area contributed by atoms with Crippen LogP contribution in [-0.4, -0.2) is 10.2 Å². The van der Waals surface area contributed by atoms with Gasteiger partial charge in [-0.15, -0.1) is 5.10 Å². The average molecular weight is 367 g/mol. The van der Waals surface area contributed by atoms with Gasteiger partial charge in [-0.05, 0) is 43.2 Å². The van der Waals surface area contributed by atoms with Gasteiger partial charge >= 0.3 is 0 Å². The molecule has 0 aliphatic carbocycles. The highest BCUT2D eigenvalue weighted by molar-refractivity contribution is 6.32. The molecule has 0 aliphatic heterocycles. The first-order valence-electron chi connectivity index (χ1n) is 7.00. The topological polar surface area (TPSA) is 25.8 Å². The fraction of sp³-hybridized carbons (Fsp3) is 0.111. The quantitative estimate of drug-likeness (QED) is 0.577. The Bertz CT molecular complexity index is 841. The van der Waals surface area contributed by atoms with Crippen molar-refractivity contribution in [1.82, 2.24) is 10.2 Å². The maximum atomic E-state index is 14.4. The molecule has 6 heteroatoms. The molecule has 1 aromatic carbocycles. The predicted molar refractivity (Wildman–Crippen MR) is 95.3 cm³/mol. The summed E-state index contributed by atoms with van der Waals surface area (Å²) in [4.78, 5) is 0. The van der Waals surface area contributed by atoms with Crippen molar-refractivity contribution in [2.45, 2.75) is 13.8 Å². The van der Waals surface area contributed by atoms with Gasteiger partial charge in [-0.1, -0.05) is 41.9 Å². The largest absolute Gasteiger partial charge is 0.207 e. The van der Waals surface area contributed by atoms with Gasteiger partial charge in [-0.2, -0.15) is 5.10 Å². The van der Waals surface area contributed by atoms with Gasteiger partial charge in [-0.3, -0.25) is 0 Å². The van der Waals surface area contributed by atoms with Crippen molar-refractivity contribution >= 4 is 28.8 Å². The molecule has 2 nitrogen and oxygen atoms in total. The summed E-state index contributed by atoms with van der Waals surface area (Å²) in [5.41, 5.74) is 2.45. The zero-order chi connectivity index (χ0) is 17.9. The van der Waals surface area contributed by atoms with E-state index in [0.29, 0.717) is 21.8 Å². The first-order chi connectivity index (χ1) is 11.3. The normalized spacial score (nSPS) is 12.8. The lowest BCUT2D eigenvalue weighted by Gasteiger charge is -2.14. The Kier molecular flexibility index (Phi) is 5.86. The number of rotatable bonds is 4. The molecule has 0 amide bonds. The average Bonchev–Trinajstić information content (AvgIpc) is 2.56. The highest BCUT2D eigenvalue weighted by Gasteiger charge is 2.18. The molecular formula is C18H14Cl2F2N2. The van der Waals surface area contributed by atoms with Crippen LogP contribution >= 0.6 is 23.2 Å². The summed E-state index contributed by atoms with van der Waals surface area (Å²) in [6.45, 7) is 6.50. The number of benzene rings is 1. The van der Waals surface area contributed by atoms with Gasteiger partial charge in [-0.25, -0.2) is 8.78 Å². The van der Waals surface area contributed by atoms with E-state index in [1.807, 2.05) is 0 Å². The molecule has 0 fully saturated rings. The third-order valence-corrected chi connectivity index (χ3v) is 3.95. The summed E-state index contributed by atoms with van der Waals surface area (Å²) < 4.78 is 27.7. The Morgan fingerprint density at radius 1 is 1.12 bits per heavy atom. The van der Waals surface area contributed by atoms with Crippen molar-refractivity contribution in [1.29, 1.82) is 0 Å². The molecule has 0 aliphatic rings. The van der Waals surface area contributed by atoms with Crippen LogP contribution in [0.25, 0.3) is 16.7 Å². The van der Waals surface area contributed by atoms with E-state index < -0.39 is 11.7 Å². The summed E-state index contributed by atoms with van der Waals surface area (Å²) in [6, 6.07) is 6.97. The number of hydrogen-bond donors (Lipinski definition) is 0. The van der Waals surface area contributed by atoms with Gasteiger partial charge in [0.15, 0.2) is 5.15 Å². The molecule has 1 aromatic heterocycles. The SMILES string of the molecule is C=C/C(F)=C\C(F)=C(/C)c1c(Cl)nnc(C)c1-c1ccc(Cl)cc1. The predicted octanol–water partition coefficient (Wildman–Crippen LogP) is 6.50. The number of hydrogen-bond acceptors (Lipinski definition) is 2. The van der Waals surface area contributed by atoms with E-state index in [1.165, 1.54) is 6.92 Å². The molecule has 1 heterocycles. The third-order valence-electron chi connectivity index (χ3n) is 3.43. The van der Waals surface area contributed by atoms with Crippen LogP contribution in [-0.2, 0) is 0 Å². The lowest BCUT2D eigenvalue weighted by molar-refractivity contribution is 0.632. The second kappa shape index (κ2) is 7.69. The second-order valence-corrected chi connectivity index (χ2v) is 5.83. The molecule has 0 spiro atoms. The standard InChI is InChI=1S/C18H14Cl2F2N2/c1-4-14(21)9-15(22)10(2)16-17(11(3)23-24-18(16)20)12-5-7-13(19)8-6-12/h4-9H,1H2,2-3H3/b14-9+,15-10-. The summed E-state index contributed by atoms with van der Waals surface area (Å²) >= 11 is 12.1. The van der Waals surface area contributed by atoms with Crippen molar-refractivity contribution < 1.29 is 8.78 Å². The van der Waals surface area contributed by atoms with Crippen LogP contribution in [0.1, 0.15) is 18.2 Å². The molecule has 0 unspecified atom stereocenters. The highest BCUT2D eigenvalue weighted by atomic mass is 35.5. The summed E-state index contributed by atoms with van der Waals surface area (Å²) in [5.74, 6) is -1.55. The molecule has 24 heavy (non-hydrogen) atoms. The van der Waals surface area contributed by atoms with E-state index in [1.54, 1.807) is 31.2 Å². The number of nitrogens with zero attached hydrogens (tertiary/aromatic N) is 2. The molecular weight excluding hydrogens is 353 g/mol. The van der Waals surface area contributed by atoms with Gasteiger partial charge in [0.05, 0.1) is 5.69 Å². The molecule has 0 saturated carbocycles. The van der Waals surface area contributed by atoms with Crippen LogP contribution in [0.15, 0.2) is 54.7 Å². The molecule has 2 aromatic rings. The van der Waals surface area contributed by atoms with Crippen LogP contribution in [0.2, 0.25) is 10.2 Å². The summed E-state index contributed by atoms with van der Waals surface area (Å²) in [7, 11) is 0. The summed E-state index contributed by atoms with van der Waals surface area (Å²) in [5, 5.41) is 8.43. The molecule has 0 N–H and O–H groups in total. The van der Waals surface area contributed by atoms with Crippen molar-refractivity contribution in [3.05, 3.63) is 76.1 Å². The van der Waals surface area contributed by atoms with E-state index in [-0.39, 0.29) is 10.7 Å². The Labute approximate surface area is 149 Å².